The quantitative estimate of drug-likeness (QED) is 0.269. The van der Waals surface area contributed by atoms with Crippen LogP contribution in [0.2, 0.25) is 0 Å². The number of aryl methyl sites for hydroxylation is 1. The fraction of sp³-hybridized carbons (Fsp3) is 0.565. The van der Waals surface area contributed by atoms with E-state index < -0.39 is 0 Å². The molecule has 1 aromatic carbocycles. The summed E-state index contributed by atoms with van der Waals surface area (Å²) in [6.45, 7) is 0.773. The Labute approximate surface area is 161 Å². The third-order valence-corrected chi connectivity index (χ3v) is 6.32. The highest BCUT2D eigenvalue weighted by molar-refractivity contribution is 5.69. The summed E-state index contributed by atoms with van der Waals surface area (Å²) in [7, 11) is 1.42. The van der Waals surface area contributed by atoms with E-state index in [9.17, 15) is 9.59 Å². The van der Waals surface area contributed by atoms with Crippen molar-refractivity contribution in [3.63, 3.8) is 0 Å². The minimum absolute atomic E-state index is 0.00856. The number of esters is 1. The summed E-state index contributed by atoms with van der Waals surface area (Å²) in [4.78, 5) is 22.9. The van der Waals surface area contributed by atoms with Crippen molar-refractivity contribution in [1.82, 2.24) is 0 Å². The van der Waals surface area contributed by atoms with Gasteiger partial charge < -0.3 is 14.3 Å². The van der Waals surface area contributed by atoms with Crippen LogP contribution in [-0.4, -0.2) is 32.1 Å². The molecule has 27 heavy (non-hydrogen) atoms. The van der Waals surface area contributed by atoms with Crippen LogP contribution in [0.4, 0.5) is 0 Å². The first-order valence-electron chi connectivity index (χ1n) is 10.0. The number of hydrogen-bond donors (Lipinski definition) is 0. The van der Waals surface area contributed by atoms with E-state index in [0.29, 0.717) is 12.3 Å². The lowest BCUT2D eigenvalue weighted by atomic mass is 9.70. The van der Waals surface area contributed by atoms with Gasteiger partial charge in [0, 0.05) is 17.8 Å². The van der Waals surface area contributed by atoms with Crippen molar-refractivity contribution in [2.45, 2.75) is 51.0 Å². The van der Waals surface area contributed by atoms with Crippen molar-refractivity contribution >= 4 is 12.3 Å². The van der Waals surface area contributed by atoms with E-state index in [2.05, 4.69) is 41.2 Å². The van der Waals surface area contributed by atoms with Gasteiger partial charge in [-0.05, 0) is 50.0 Å². The third kappa shape index (κ3) is 4.67. The fourth-order valence-electron chi connectivity index (χ4n) is 4.78. The van der Waals surface area contributed by atoms with E-state index in [1.165, 1.54) is 12.7 Å². The van der Waals surface area contributed by atoms with Gasteiger partial charge in [-0.1, -0.05) is 42.5 Å². The van der Waals surface area contributed by atoms with E-state index in [-0.39, 0.29) is 23.4 Å². The molecule has 2 aliphatic rings. The first-order valence-corrected chi connectivity index (χ1v) is 10.0. The molecule has 0 radical (unpaired) electrons. The maximum atomic E-state index is 11.7. The Balaban J connectivity index is 1.57. The Morgan fingerprint density at radius 2 is 2.11 bits per heavy atom. The number of hydrogen-bond acceptors (Lipinski definition) is 4. The predicted molar refractivity (Wildman–Crippen MR) is 104 cm³/mol. The van der Waals surface area contributed by atoms with Crippen LogP contribution in [0.3, 0.4) is 0 Å². The normalized spacial score (nSPS) is 29.3. The number of unbranched alkanes of at least 4 members (excludes halogenated alkanes) is 1. The molecule has 0 unspecified atom stereocenters. The molecule has 1 aromatic rings. The van der Waals surface area contributed by atoms with Crippen molar-refractivity contribution in [1.29, 1.82) is 0 Å². The van der Waals surface area contributed by atoms with Gasteiger partial charge in [-0.25, -0.2) is 0 Å². The summed E-state index contributed by atoms with van der Waals surface area (Å²) >= 11 is 0. The number of benzene rings is 1. The van der Waals surface area contributed by atoms with E-state index in [1.54, 1.807) is 0 Å². The third-order valence-electron chi connectivity index (χ3n) is 6.32. The monoisotopic (exact) mass is 370 g/mol. The number of allylic oxidation sites excluding steroid dienone is 2. The lowest BCUT2D eigenvalue weighted by Crippen LogP contribution is -2.37. The van der Waals surface area contributed by atoms with Crippen LogP contribution in [0, 0.1) is 17.3 Å². The SMILES string of the molecule is COC(=O)CCCC=CC[C@@H]1[C@@H](C=O)[C@H]2C[C@]1(CCc1ccccc1)CO2. The number of rotatable bonds is 10. The molecule has 2 bridgehead atoms. The molecule has 1 heterocycles. The summed E-state index contributed by atoms with van der Waals surface area (Å²) in [5.41, 5.74) is 1.46. The highest BCUT2D eigenvalue weighted by atomic mass is 16.5. The Morgan fingerprint density at radius 3 is 2.85 bits per heavy atom. The Hall–Kier alpha value is -1.94. The zero-order chi connectivity index (χ0) is 19.1. The highest BCUT2D eigenvalue weighted by Gasteiger charge is 2.57. The Kier molecular flexibility index (Phi) is 6.84. The molecule has 4 nitrogen and oxygen atoms in total. The molecule has 0 N–H and O–H groups in total. The number of aldehydes is 1. The standard InChI is InChI=1S/C23H30O4/c1-26-22(25)12-8-3-2-7-11-20-19(16-24)21-15-23(20,17-27-21)14-13-18-9-5-4-6-10-18/h2,4-7,9-10,16,19-21H,3,8,11-15,17H2,1H3/t19-,20-,21-,23-/m1/s1. The van der Waals surface area contributed by atoms with E-state index in [4.69, 9.17) is 4.74 Å². The van der Waals surface area contributed by atoms with Gasteiger partial charge in [0.25, 0.3) is 0 Å². The van der Waals surface area contributed by atoms with E-state index in [1.807, 2.05) is 6.07 Å². The second-order valence-corrected chi connectivity index (χ2v) is 7.90. The summed E-state index contributed by atoms with van der Waals surface area (Å²) in [5.74, 6) is 0.207. The van der Waals surface area contributed by atoms with Crippen LogP contribution in [-0.2, 0) is 25.5 Å². The lowest BCUT2D eigenvalue weighted by molar-refractivity contribution is -0.140. The first-order chi connectivity index (χ1) is 13.2. The number of carbonyl (C=O) groups excluding carboxylic acids is 2. The van der Waals surface area contributed by atoms with Crippen LogP contribution in [0.25, 0.3) is 0 Å². The molecule has 2 fully saturated rings. The molecular weight excluding hydrogens is 340 g/mol. The van der Waals surface area contributed by atoms with Crippen LogP contribution in [0.1, 0.15) is 44.1 Å². The van der Waals surface area contributed by atoms with Gasteiger partial charge >= 0.3 is 5.97 Å². The Bertz CT molecular complexity index is 654. The minimum atomic E-state index is -0.158. The van der Waals surface area contributed by atoms with Crippen LogP contribution in [0.15, 0.2) is 42.5 Å². The number of ether oxygens (including phenoxy) is 2. The molecular formula is C23H30O4. The molecule has 1 saturated carbocycles. The number of carbonyl (C=O) groups is 2. The number of fused-ring (bicyclic) bond motifs is 2. The second kappa shape index (κ2) is 9.32. The van der Waals surface area contributed by atoms with Crippen molar-refractivity contribution in [2.75, 3.05) is 13.7 Å². The van der Waals surface area contributed by atoms with Gasteiger partial charge in [-0.3, -0.25) is 4.79 Å². The van der Waals surface area contributed by atoms with Gasteiger partial charge in [0.15, 0.2) is 0 Å². The zero-order valence-corrected chi connectivity index (χ0v) is 16.1. The van der Waals surface area contributed by atoms with E-state index in [0.717, 1.165) is 51.4 Å². The topological polar surface area (TPSA) is 52.6 Å². The highest BCUT2D eigenvalue weighted by Crippen LogP contribution is 2.56. The van der Waals surface area contributed by atoms with Crippen molar-refractivity contribution in [2.24, 2.45) is 17.3 Å². The number of methoxy groups -OCH3 is 1. The lowest BCUT2D eigenvalue weighted by Gasteiger charge is -2.37. The average molecular weight is 370 g/mol. The van der Waals surface area contributed by atoms with Crippen molar-refractivity contribution < 1.29 is 19.1 Å². The summed E-state index contributed by atoms with van der Waals surface area (Å²) in [6.07, 6.45) is 11.7. The molecule has 0 aromatic heterocycles. The molecule has 0 spiro atoms. The van der Waals surface area contributed by atoms with Crippen molar-refractivity contribution in [3.05, 3.63) is 48.0 Å². The predicted octanol–water partition coefficient (Wildman–Crippen LogP) is 4.13. The van der Waals surface area contributed by atoms with Crippen LogP contribution in [0.5, 0.6) is 0 Å². The maximum absolute atomic E-state index is 11.7. The molecule has 1 aliphatic heterocycles. The molecule has 4 heteroatoms. The van der Waals surface area contributed by atoms with Gasteiger partial charge in [0.1, 0.15) is 6.29 Å². The van der Waals surface area contributed by atoms with Crippen molar-refractivity contribution in [3.8, 4) is 0 Å². The summed E-state index contributed by atoms with van der Waals surface area (Å²) in [6, 6.07) is 10.6. The average Bonchev–Trinajstić information content (AvgIpc) is 3.26. The largest absolute Gasteiger partial charge is 0.469 e. The van der Waals surface area contributed by atoms with Gasteiger partial charge in [-0.15, -0.1) is 0 Å². The summed E-state index contributed by atoms with van der Waals surface area (Å²) in [5, 5.41) is 0. The van der Waals surface area contributed by atoms with Gasteiger partial charge in [-0.2, -0.15) is 0 Å². The smallest absolute Gasteiger partial charge is 0.305 e. The molecule has 4 atom stereocenters. The molecule has 1 saturated heterocycles. The molecule has 0 amide bonds. The summed E-state index contributed by atoms with van der Waals surface area (Å²) < 4.78 is 10.6. The Morgan fingerprint density at radius 1 is 1.30 bits per heavy atom. The minimum Gasteiger partial charge on any atom is -0.469 e. The molecule has 3 rings (SSSR count). The van der Waals surface area contributed by atoms with Gasteiger partial charge in [0.2, 0.25) is 0 Å². The molecule has 1 aliphatic carbocycles. The van der Waals surface area contributed by atoms with Gasteiger partial charge in [0.05, 0.1) is 19.8 Å². The molecule has 146 valence electrons. The second-order valence-electron chi connectivity index (χ2n) is 7.90. The van der Waals surface area contributed by atoms with E-state index >= 15 is 0 Å². The zero-order valence-electron chi connectivity index (χ0n) is 16.1. The fourth-order valence-corrected chi connectivity index (χ4v) is 4.78. The van der Waals surface area contributed by atoms with Crippen LogP contribution < -0.4 is 0 Å². The first kappa shape index (κ1) is 19.8. The van der Waals surface area contributed by atoms with Crippen LogP contribution >= 0.6 is 0 Å². The maximum Gasteiger partial charge on any atom is 0.305 e.